The molecule has 3 rings (SSSR count). The molecule has 0 spiro atoms. The number of carbonyl (C=O) groups excluding carboxylic acids is 1. The molecule has 0 atom stereocenters. The van der Waals surface area contributed by atoms with E-state index >= 15 is 0 Å². The van der Waals surface area contributed by atoms with Gasteiger partial charge in [0.15, 0.2) is 5.82 Å². The molecule has 28 heavy (non-hydrogen) atoms. The summed E-state index contributed by atoms with van der Waals surface area (Å²) in [5.74, 6) is 0.576. The van der Waals surface area contributed by atoms with Gasteiger partial charge >= 0.3 is 6.18 Å². The summed E-state index contributed by atoms with van der Waals surface area (Å²) in [6.07, 6.45) is 1.22. The number of halogens is 3. The highest BCUT2D eigenvalue weighted by molar-refractivity contribution is 7.99. The predicted octanol–water partition coefficient (Wildman–Crippen LogP) is 5.01. The lowest BCUT2D eigenvalue weighted by atomic mass is 9.95. The highest BCUT2D eigenvalue weighted by Crippen LogP contribution is 2.30. The van der Waals surface area contributed by atoms with Crippen LogP contribution in [0.3, 0.4) is 0 Å². The zero-order valence-corrected chi connectivity index (χ0v) is 16.4. The van der Waals surface area contributed by atoms with Crippen molar-refractivity contribution in [1.29, 1.82) is 0 Å². The molecule has 0 bridgehead atoms. The molecule has 1 fully saturated rings. The number of benzene rings is 1. The lowest BCUT2D eigenvalue weighted by Crippen LogP contribution is -2.37. The molecule has 1 aromatic carbocycles. The molecular formula is C20H22F3N3OS. The number of amides is 1. The maximum Gasteiger partial charge on any atom is 0.416 e. The largest absolute Gasteiger partial charge is 0.416 e. The van der Waals surface area contributed by atoms with Crippen molar-refractivity contribution in [1.82, 2.24) is 15.3 Å². The standard InChI is InChI=1S/C20H22F3N3OS/c1-13-11-18(28-12-17(27)25-16-5-3-2-4-6-16)26-19(24-13)14-7-9-15(10-8-14)20(21,22)23/h7-11,16H,2-6,12H2,1H3,(H,25,27). The van der Waals surface area contributed by atoms with Crippen LogP contribution in [0.4, 0.5) is 13.2 Å². The number of thioether (sulfide) groups is 1. The summed E-state index contributed by atoms with van der Waals surface area (Å²) in [6, 6.07) is 6.80. The monoisotopic (exact) mass is 409 g/mol. The molecule has 0 aliphatic heterocycles. The fourth-order valence-electron chi connectivity index (χ4n) is 3.21. The number of nitrogens with one attached hydrogen (secondary N) is 1. The van der Waals surface area contributed by atoms with Gasteiger partial charge in [0, 0.05) is 17.3 Å². The number of rotatable bonds is 5. The zero-order chi connectivity index (χ0) is 20.1. The number of alkyl halides is 3. The average Bonchev–Trinajstić information content (AvgIpc) is 2.66. The molecule has 150 valence electrons. The van der Waals surface area contributed by atoms with Crippen molar-refractivity contribution in [3.63, 3.8) is 0 Å². The quantitative estimate of drug-likeness (QED) is 0.557. The Morgan fingerprint density at radius 2 is 1.82 bits per heavy atom. The van der Waals surface area contributed by atoms with Crippen molar-refractivity contribution in [3.05, 3.63) is 41.6 Å². The van der Waals surface area contributed by atoms with Crippen molar-refractivity contribution in [3.8, 4) is 11.4 Å². The highest BCUT2D eigenvalue weighted by atomic mass is 32.2. The van der Waals surface area contributed by atoms with Gasteiger partial charge in [-0.25, -0.2) is 9.97 Å². The number of aromatic nitrogens is 2. The summed E-state index contributed by atoms with van der Waals surface area (Å²) in [5, 5.41) is 3.69. The van der Waals surface area contributed by atoms with E-state index in [1.807, 2.05) is 0 Å². The Balaban J connectivity index is 1.65. The minimum atomic E-state index is -4.38. The molecule has 2 aromatic rings. The van der Waals surface area contributed by atoms with Crippen LogP contribution in [-0.4, -0.2) is 27.7 Å². The Labute approximate surface area is 166 Å². The second-order valence-corrected chi connectivity index (χ2v) is 7.93. The summed E-state index contributed by atoms with van der Waals surface area (Å²) < 4.78 is 38.2. The Morgan fingerprint density at radius 3 is 2.46 bits per heavy atom. The van der Waals surface area contributed by atoms with Gasteiger partial charge in [-0.15, -0.1) is 0 Å². The topological polar surface area (TPSA) is 54.9 Å². The Bertz CT molecular complexity index is 818. The van der Waals surface area contributed by atoms with E-state index in [4.69, 9.17) is 0 Å². The second kappa shape index (κ2) is 8.94. The molecule has 1 amide bonds. The highest BCUT2D eigenvalue weighted by Gasteiger charge is 2.30. The fourth-order valence-corrected chi connectivity index (χ4v) is 3.97. The lowest BCUT2D eigenvalue weighted by molar-refractivity contribution is -0.137. The van der Waals surface area contributed by atoms with Gasteiger partial charge in [-0.05, 0) is 38.0 Å². The minimum Gasteiger partial charge on any atom is -0.353 e. The SMILES string of the molecule is Cc1cc(SCC(=O)NC2CCCCC2)nc(-c2ccc(C(F)(F)F)cc2)n1. The maximum absolute atomic E-state index is 12.7. The molecule has 1 heterocycles. The number of aryl methyl sites for hydroxylation is 1. The smallest absolute Gasteiger partial charge is 0.353 e. The molecule has 0 unspecified atom stereocenters. The van der Waals surface area contributed by atoms with Gasteiger partial charge in [-0.2, -0.15) is 13.2 Å². The van der Waals surface area contributed by atoms with Crippen LogP contribution in [0.1, 0.15) is 43.4 Å². The zero-order valence-electron chi connectivity index (χ0n) is 15.6. The minimum absolute atomic E-state index is 0.0238. The van der Waals surface area contributed by atoms with Crippen LogP contribution in [0, 0.1) is 6.92 Å². The molecule has 1 saturated carbocycles. The number of hydrogen-bond acceptors (Lipinski definition) is 4. The van der Waals surface area contributed by atoms with Crippen molar-refractivity contribution in [2.75, 3.05) is 5.75 Å². The summed E-state index contributed by atoms with van der Waals surface area (Å²) in [5.41, 5.74) is 0.489. The Morgan fingerprint density at radius 1 is 1.14 bits per heavy atom. The summed E-state index contributed by atoms with van der Waals surface area (Å²) >= 11 is 1.30. The third kappa shape index (κ3) is 5.70. The predicted molar refractivity (Wildman–Crippen MR) is 103 cm³/mol. The van der Waals surface area contributed by atoms with E-state index in [0.29, 0.717) is 22.1 Å². The first kappa shape index (κ1) is 20.6. The van der Waals surface area contributed by atoms with Crippen molar-refractivity contribution in [2.45, 2.75) is 56.3 Å². The first-order chi connectivity index (χ1) is 13.3. The second-order valence-electron chi connectivity index (χ2n) is 6.94. The van der Waals surface area contributed by atoms with Crippen LogP contribution in [0.15, 0.2) is 35.4 Å². The number of nitrogens with zero attached hydrogens (tertiary/aromatic N) is 2. The molecule has 1 aromatic heterocycles. The van der Waals surface area contributed by atoms with E-state index in [9.17, 15) is 18.0 Å². The van der Waals surface area contributed by atoms with Crippen LogP contribution >= 0.6 is 11.8 Å². The van der Waals surface area contributed by atoms with Crippen LogP contribution < -0.4 is 5.32 Å². The Hall–Kier alpha value is -2.09. The van der Waals surface area contributed by atoms with Crippen LogP contribution in [0.2, 0.25) is 0 Å². The molecule has 8 heteroatoms. The summed E-state index contributed by atoms with van der Waals surface area (Å²) in [6.45, 7) is 1.79. The first-order valence-electron chi connectivity index (χ1n) is 9.27. The van der Waals surface area contributed by atoms with E-state index in [1.54, 1.807) is 13.0 Å². The van der Waals surface area contributed by atoms with Gasteiger partial charge in [0.25, 0.3) is 0 Å². The molecule has 1 aliphatic carbocycles. The number of carbonyl (C=O) groups is 1. The molecule has 1 N–H and O–H groups in total. The molecule has 0 radical (unpaired) electrons. The normalized spacial score (nSPS) is 15.4. The van der Waals surface area contributed by atoms with E-state index in [2.05, 4.69) is 15.3 Å². The molecule has 4 nitrogen and oxygen atoms in total. The molecule has 0 saturated heterocycles. The summed E-state index contributed by atoms with van der Waals surface area (Å²) in [7, 11) is 0. The van der Waals surface area contributed by atoms with E-state index in [0.717, 1.165) is 37.8 Å². The van der Waals surface area contributed by atoms with E-state index in [-0.39, 0.29) is 17.7 Å². The van der Waals surface area contributed by atoms with E-state index in [1.165, 1.54) is 30.3 Å². The van der Waals surface area contributed by atoms with Gasteiger partial charge < -0.3 is 5.32 Å². The first-order valence-corrected chi connectivity index (χ1v) is 10.3. The van der Waals surface area contributed by atoms with E-state index < -0.39 is 11.7 Å². The van der Waals surface area contributed by atoms with Gasteiger partial charge in [0.2, 0.25) is 5.91 Å². The van der Waals surface area contributed by atoms with Crippen molar-refractivity contribution < 1.29 is 18.0 Å². The lowest BCUT2D eigenvalue weighted by Gasteiger charge is -2.22. The van der Waals surface area contributed by atoms with Crippen molar-refractivity contribution in [2.24, 2.45) is 0 Å². The molecular weight excluding hydrogens is 387 g/mol. The van der Waals surface area contributed by atoms with Gasteiger partial charge in [0.05, 0.1) is 11.3 Å². The van der Waals surface area contributed by atoms with Crippen LogP contribution in [0.5, 0.6) is 0 Å². The van der Waals surface area contributed by atoms with Gasteiger partial charge in [0.1, 0.15) is 5.03 Å². The van der Waals surface area contributed by atoms with Crippen molar-refractivity contribution >= 4 is 17.7 Å². The third-order valence-electron chi connectivity index (χ3n) is 4.62. The third-order valence-corrected chi connectivity index (χ3v) is 5.53. The van der Waals surface area contributed by atoms with Crippen LogP contribution in [-0.2, 0) is 11.0 Å². The van der Waals surface area contributed by atoms with Gasteiger partial charge in [-0.1, -0.05) is 43.2 Å². The Kier molecular flexibility index (Phi) is 6.59. The molecule has 1 aliphatic rings. The summed E-state index contributed by atoms with van der Waals surface area (Å²) in [4.78, 5) is 20.9. The fraction of sp³-hybridized carbons (Fsp3) is 0.450. The maximum atomic E-state index is 12.7. The number of hydrogen-bond donors (Lipinski definition) is 1. The average molecular weight is 409 g/mol. The van der Waals surface area contributed by atoms with Gasteiger partial charge in [-0.3, -0.25) is 4.79 Å². The van der Waals surface area contributed by atoms with Crippen LogP contribution in [0.25, 0.3) is 11.4 Å².